The largest absolute Gasteiger partial charge is 0.493 e. The molecule has 2 aromatic carbocycles. The summed E-state index contributed by atoms with van der Waals surface area (Å²) in [5, 5.41) is 1.06. The van der Waals surface area contributed by atoms with E-state index >= 15 is 0 Å². The summed E-state index contributed by atoms with van der Waals surface area (Å²) in [5.41, 5.74) is 3.11. The van der Waals surface area contributed by atoms with Gasteiger partial charge in [-0.05, 0) is 29.3 Å². The third kappa shape index (κ3) is 1.68. The van der Waals surface area contributed by atoms with Crippen LogP contribution in [0.15, 0.2) is 59.2 Å². The van der Waals surface area contributed by atoms with Gasteiger partial charge in [-0.25, -0.2) is 0 Å². The molecule has 0 spiro atoms. The zero-order chi connectivity index (χ0) is 11.7. The first-order chi connectivity index (χ1) is 8.38. The van der Waals surface area contributed by atoms with Gasteiger partial charge in [0.1, 0.15) is 0 Å². The fraction of sp³-hybridized carbons (Fsp3) is 0.0667. The fourth-order valence-electron chi connectivity index (χ4n) is 2.00. The van der Waals surface area contributed by atoms with Crippen molar-refractivity contribution in [3.05, 3.63) is 54.8 Å². The number of benzene rings is 2. The van der Waals surface area contributed by atoms with E-state index in [4.69, 9.17) is 9.15 Å². The predicted octanol–water partition coefficient (Wildman–Crippen LogP) is 4.11. The molecule has 0 amide bonds. The zero-order valence-electron chi connectivity index (χ0n) is 9.51. The topological polar surface area (TPSA) is 22.4 Å². The van der Waals surface area contributed by atoms with Crippen LogP contribution in [0.5, 0.6) is 5.75 Å². The van der Waals surface area contributed by atoms with Crippen LogP contribution in [0.25, 0.3) is 22.1 Å². The second kappa shape index (κ2) is 3.98. The number of furan rings is 1. The summed E-state index contributed by atoms with van der Waals surface area (Å²) in [6.07, 6.45) is 1.68. The van der Waals surface area contributed by atoms with E-state index in [9.17, 15) is 0 Å². The molecule has 0 aliphatic heterocycles. The minimum Gasteiger partial charge on any atom is -0.493 e. The van der Waals surface area contributed by atoms with Gasteiger partial charge in [0.2, 0.25) is 0 Å². The molecule has 0 N–H and O–H groups in total. The molecule has 0 aliphatic rings. The molecule has 84 valence electrons. The summed E-state index contributed by atoms with van der Waals surface area (Å²) in [4.78, 5) is 0. The Labute approximate surface area is 99.4 Å². The van der Waals surface area contributed by atoms with Gasteiger partial charge in [0.05, 0.1) is 13.4 Å². The summed E-state index contributed by atoms with van der Waals surface area (Å²) < 4.78 is 10.8. The van der Waals surface area contributed by atoms with Crippen LogP contribution in [-0.2, 0) is 0 Å². The van der Waals surface area contributed by atoms with Gasteiger partial charge >= 0.3 is 0 Å². The Balaban J connectivity index is 2.24. The summed E-state index contributed by atoms with van der Waals surface area (Å²) in [5.74, 6) is 0.770. The van der Waals surface area contributed by atoms with Gasteiger partial charge in [0, 0.05) is 5.39 Å². The minimum absolute atomic E-state index is 0.770. The van der Waals surface area contributed by atoms with Crippen LogP contribution in [0.3, 0.4) is 0 Å². The Bertz CT molecular complexity index is 638. The molecule has 17 heavy (non-hydrogen) atoms. The second-order valence-electron chi connectivity index (χ2n) is 3.88. The van der Waals surface area contributed by atoms with Crippen LogP contribution in [0.4, 0.5) is 0 Å². The van der Waals surface area contributed by atoms with Crippen molar-refractivity contribution in [1.82, 2.24) is 0 Å². The highest BCUT2D eigenvalue weighted by atomic mass is 16.5. The van der Waals surface area contributed by atoms with Gasteiger partial charge in [-0.3, -0.25) is 0 Å². The number of hydrogen-bond acceptors (Lipinski definition) is 2. The Morgan fingerprint density at radius 1 is 0.941 bits per heavy atom. The third-order valence-corrected chi connectivity index (χ3v) is 2.84. The first-order valence-corrected chi connectivity index (χ1v) is 5.49. The highest BCUT2D eigenvalue weighted by Crippen LogP contribution is 2.32. The molecule has 0 saturated heterocycles. The molecule has 1 aromatic heterocycles. The molecule has 3 rings (SSSR count). The number of methoxy groups -OCH3 is 1. The lowest BCUT2D eigenvalue weighted by Crippen LogP contribution is -1.85. The molecule has 2 heteroatoms. The van der Waals surface area contributed by atoms with E-state index in [0.717, 1.165) is 22.3 Å². The third-order valence-electron chi connectivity index (χ3n) is 2.84. The van der Waals surface area contributed by atoms with E-state index in [0.29, 0.717) is 0 Å². The molecule has 2 nitrogen and oxygen atoms in total. The Morgan fingerprint density at radius 3 is 2.53 bits per heavy atom. The van der Waals surface area contributed by atoms with E-state index < -0.39 is 0 Å². The van der Waals surface area contributed by atoms with Gasteiger partial charge in [-0.1, -0.05) is 30.3 Å². The maximum atomic E-state index is 5.41. The lowest BCUT2D eigenvalue weighted by Gasteiger charge is -2.05. The van der Waals surface area contributed by atoms with E-state index in [1.54, 1.807) is 13.4 Å². The molecule has 1 heterocycles. The zero-order valence-corrected chi connectivity index (χ0v) is 9.51. The molecular weight excluding hydrogens is 212 g/mol. The van der Waals surface area contributed by atoms with Crippen molar-refractivity contribution in [3.8, 4) is 16.9 Å². The first kappa shape index (κ1) is 9.97. The molecule has 0 unspecified atom stereocenters. The first-order valence-electron chi connectivity index (χ1n) is 5.49. The summed E-state index contributed by atoms with van der Waals surface area (Å²) in [6.45, 7) is 0. The highest BCUT2D eigenvalue weighted by Gasteiger charge is 2.08. The SMILES string of the molecule is COc1cc(-c2ccccc2)cc2ccoc12. The van der Waals surface area contributed by atoms with Gasteiger partial charge < -0.3 is 9.15 Å². The maximum Gasteiger partial charge on any atom is 0.175 e. The van der Waals surface area contributed by atoms with Crippen LogP contribution in [0.2, 0.25) is 0 Å². The van der Waals surface area contributed by atoms with E-state index in [1.165, 1.54) is 5.56 Å². The maximum absolute atomic E-state index is 5.41. The molecule has 0 fully saturated rings. The van der Waals surface area contributed by atoms with Crippen LogP contribution in [0, 0.1) is 0 Å². The Hall–Kier alpha value is -2.22. The highest BCUT2D eigenvalue weighted by molar-refractivity contribution is 5.88. The monoisotopic (exact) mass is 224 g/mol. The number of rotatable bonds is 2. The van der Waals surface area contributed by atoms with Crippen molar-refractivity contribution < 1.29 is 9.15 Å². The predicted molar refractivity (Wildman–Crippen MR) is 68.2 cm³/mol. The van der Waals surface area contributed by atoms with Crippen LogP contribution in [0.1, 0.15) is 0 Å². The molecule has 0 radical (unpaired) electrons. The molecular formula is C15H12O2. The number of hydrogen-bond donors (Lipinski definition) is 0. The van der Waals surface area contributed by atoms with Crippen LogP contribution >= 0.6 is 0 Å². The quantitative estimate of drug-likeness (QED) is 0.653. The lowest BCUT2D eigenvalue weighted by atomic mass is 10.0. The standard InChI is InChI=1S/C15H12O2/c1-16-14-10-13(11-5-3-2-4-6-11)9-12-7-8-17-15(12)14/h2-10H,1H3. The smallest absolute Gasteiger partial charge is 0.175 e. The van der Waals surface area contributed by atoms with Crippen molar-refractivity contribution in [2.75, 3.05) is 7.11 Å². The van der Waals surface area contributed by atoms with Gasteiger partial charge in [-0.2, -0.15) is 0 Å². The van der Waals surface area contributed by atoms with Crippen LogP contribution in [-0.4, -0.2) is 7.11 Å². The van der Waals surface area contributed by atoms with E-state index in [1.807, 2.05) is 30.3 Å². The van der Waals surface area contributed by atoms with Gasteiger partial charge in [-0.15, -0.1) is 0 Å². The molecule has 0 atom stereocenters. The van der Waals surface area contributed by atoms with Crippen LogP contribution < -0.4 is 4.74 Å². The van der Waals surface area contributed by atoms with Crippen molar-refractivity contribution in [3.63, 3.8) is 0 Å². The minimum atomic E-state index is 0.770. The lowest BCUT2D eigenvalue weighted by molar-refractivity contribution is 0.410. The number of ether oxygens (including phenoxy) is 1. The molecule has 0 saturated carbocycles. The fourth-order valence-corrected chi connectivity index (χ4v) is 2.00. The van der Waals surface area contributed by atoms with Crippen molar-refractivity contribution >= 4 is 11.0 Å². The van der Waals surface area contributed by atoms with E-state index in [-0.39, 0.29) is 0 Å². The molecule has 3 aromatic rings. The van der Waals surface area contributed by atoms with Gasteiger partial charge in [0.15, 0.2) is 11.3 Å². The number of fused-ring (bicyclic) bond motifs is 1. The average molecular weight is 224 g/mol. The molecule has 0 aliphatic carbocycles. The Kier molecular flexibility index (Phi) is 2.33. The second-order valence-corrected chi connectivity index (χ2v) is 3.88. The van der Waals surface area contributed by atoms with Crippen molar-refractivity contribution in [1.29, 1.82) is 0 Å². The van der Waals surface area contributed by atoms with Crippen molar-refractivity contribution in [2.45, 2.75) is 0 Å². The molecule has 0 bridgehead atoms. The summed E-state index contributed by atoms with van der Waals surface area (Å²) in [6, 6.07) is 16.3. The van der Waals surface area contributed by atoms with Gasteiger partial charge in [0.25, 0.3) is 0 Å². The average Bonchev–Trinajstić information content (AvgIpc) is 2.86. The Morgan fingerprint density at radius 2 is 1.76 bits per heavy atom. The van der Waals surface area contributed by atoms with E-state index in [2.05, 4.69) is 18.2 Å². The normalized spacial score (nSPS) is 10.6. The van der Waals surface area contributed by atoms with Crippen molar-refractivity contribution in [2.24, 2.45) is 0 Å². The summed E-state index contributed by atoms with van der Waals surface area (Å²) in [7, 11) is 1.66. The summed E-state index contributed by atoms with van der Waals surface area (Å²) >= 11 is 0.